The maximum absolute atomic E-state index is 13.4. The number of ether oxygens (including phenoxy) is 1. The number of nitrogens with zero attached hydrogens (tertiary/aromatic N) is 1. The average Bonchev–Trinajstić information content (AvgIpc) is 3.09. The predicted octanol–water partition coefficient (Wildman–Crippen LogP) is 2.65. The first kappa shape index (κ1) is 12.2. The average molecular weight is 261 g/mol. The molecule has 2 heterocycles. The largest absolute Gasteiger partial charge is 0.496 e. The number of methoxy groups -OCH3 is 1. The molecule has 4 nitrogen and oxygen atoms in total. The predicted molar refractivity (Wildman–Crippen MR) is 70.5 cm³/mol. The van der Waals surface area contributed by atoms with Gasteiger partial charge in [0, 0.05) is 5.56 Å². The van der Waals surface area contributed by atoms with Crippen LogP contribution in [0.15, 0.2) is 24.4 Å². The lowest BCUT2D eigenvalue weighted by Gasteiger charge is -2.08. The zero-order valence-electron chi connectivity index (χ0n) is 10.7. The molecule has 0 amide bonds. The number of hydrogen-bond donors (Lipinski definition) is 2. The van der Waals surface area contributed by atoms with Crippen LogP contribution in [0.2, 0.25) is 0 Å². The highest BCUT2D eigenvalue weighted by atomic mass is 19.1. The van der Waals surface area contributed by atoms with E-state index in [-0.39, 0.29) is 11.9 Å². The Kier molecular flexibility index (Phi) is 3.21. The first-order valence-electron chi connectivity index (χ1n) is 6.40. The Morgan fingerprint density at radius 2 is 2.32 bits per heavy atom. The summed E-state index contributed by atoms with van der Waals surface area (Å²) in [5.41, 5.74) is 1.47. The molecule has 3 rings (SSSR count). The van der Waals surface area contributed by atoms with E-state index in [1.165, 1.54) is 12.1 Å². The number of H-pyrrole nitrogens is 1. The van der Waals surface area contributed by atoms with Gasteiger partial charge >= 0.3 is 0 Å². The second-order valence-corrected chi connectivity index (χ2v) is 4.68. The van der Waals surface area contributed by atoms with Crippen LogP contribution in [0.5, 0.6) is 5.75 Å². The van der Waals surface area contributed by atoms with Gasteiger partial charge in [-0.2, -0.15) is 0 Å². The number of halogens is 1. The molecule has 0 spiro atoms. The zero-order valence-corrected chi connectivity index (χ0v) is 10.7. The van der Waals surface area contributed by atoms with Crippen LogP contribution in [0.25, 0.3) is 11.3 Å². The smallest absolute Gasteiger partial charge is 0.128 e. The lowest BCUT2D eigenvalue weighted by atomic mass is 10.1. The van der Waals surface area contributed by atoms with E-state index >= 15 is 0 Å². The second-order valence-electron chi connectivity index (χ2n) is 4.68. The number of nitrogens with one attached hydrogen (secondary N) is 2. The van der Waals surface area contributed by atoms with Crippen molar-refractivity contribution < 1.29 is 9.13 Å². The van der Waals surface area contributed by atoms with Gasteiger partial charge in [-0.3, -0.25) is 0 Å². The van der Waals surface area contributed by atoms with Gasteiger partial charge in [0.1, 0.15) is 17.4 Å². The molecule has 0 radical (unpaired) electrons. The maximum atomic E-state index is 13.4. The van der Waals surface area contributed by atoms with Crippen molar-refractivity contribution in [2.24, 2.45) is 0 Å². The number of imidazole rings is 1. The Morgan fingerprint density at radius 1 is 1.42 bits per heavy atom. The van der Waals surface area contributed by atoms with Gasteiger partial charge in [-0.15, -0.1) is 0 Å². The topological polar surface area (TPSA) is 49.9 Å². The second kappa shape index (κ2) is 5.01. The van der Waals surface area contributed by atoms with E-state index in [9.17, 15) is 4.39 Å². The molecule has 2 aromatic rings. The van der Waals surface area contributed by atoms with E-state index in [0.29, 0.717) is 11.3 Å². The Morgan fingerprint density at radius 3 is 3.05 bits per heavy atom. The van der Waals surface area contributed by atoms with Gasteiger partial charge in [0.15, 0.2) is 0 Å². The number of benzene rings is 1. The molecule has 1 saturated heterocycles. The van der Waals surface area contributed by atoms with Gasteiger partial charge in [0.25, 0.3) is 0 Å². The molecular formula is C14H16FN3O. The van der Waals surface area contributed by atoms with Crippen LogP contribution in [0.4, 0.5) is 4.39 Å². The van der Waals surface area contributed by atoms with Gasteiger partial charge in [-0.05, 0) is 37.6 Å². The number of rotatable bonds is 3. The third-order valence-electron chi connectivity index (χ3n) is 3.44. The summed E-state index contributed by atoms with van der Waals surface area (Å²) >= 11 is 0. The zero-order chi connectivity index (χ0) is 13.2. The van der Waals surface area contributed by atoms with Gasteiger partial charge in [-0.1, -0.05) is 0 Å². The lowest BCUT2D eigenvalue weighted by molar-refractivity contribution is 0.415. The minimum atomic E-state index is -0.286. The van der Waals surface area contributed by atoms with E-state index in [0.717, 1.165) is 30.9 Å². The molecule has 19 heavy (non-hydrogen) atoms. The minimum Gasteiger partial charge on any atom is -0.496 e. The van der Waals surface area contributed by atoms with Crippen molar-refractivity contribution in [2.45, 2.75) is 18.9 Å². The molecular weight excluding hydrogens is 245 g/mol. The fraction of sp³-hybridized carbons (Fsp3) is 0.357. The summed E-state index contributed by atoms with van der Waals surface area (Å²) < 4.78 is 18.6. The molecule has 0 saturated carbocycles. The standard InChI is InChI=1S/C14H16FN3O/c1-19-13-5-4-9(15)7-10(13)12-8-17-14(18-12)11-3-2-6-16-11/h4-5,7-8,11,16H,2-3,6H2,1H3,(H,17,18). The van der Waals surface area contributed by atoms with Crippen molar-refractivity contribution in [2.75, 3.05) is 13.7 Å². The van der Waals surface area contributed by atoms with Gasteiger partial charge < -0.3 is 15.0 Å². The van der Waals surface area contributed by atoms with Gasteiger partial charge in [0.2, 0.25) is 0 Å². The normalized spacial score (nSPS) is 18.7. The summed E-state index contributed by atoms with van der Waals surface area (Å²) in [6.45, 7) is 1.02. The summed E-state index contributed by atoms with van der Waals surface area (Å²) in [5, 5.41) is 3.38. The van der Waals surface area contributed by atoms with Crippen molar-refractivity contribution in [3.63, 3.8) is 0 Å². The highest BCUT2D eigenvalue weighted by Crippen LogP contribution is 2.31. The molecule has 1 fully saturated rings. The molecule has 1 aromatic carbocycles. The Bertz CT molecular complexity index is 576. The fourth-order valence-electron chi connectivity index (χ4n) is 2.46. The molecule has 100 valence electrons. The van der Waals surface area contributed by atoms with Crippen molar-refractivity contribution in [1.82, 2.24) is 15.3 Å². The SMILES string of the molecule is COc1ccc(F)cc1-c1cnc(C2CCCN2)[nH]1. The van der Waals surface area contributed by atoms with Crippen LogP contribution < -0.4 is 10.1 Å². The molecule has 2 N–H and O–H groups in total. The summed E-state index contributed by atoms with van der Waals surface area (Å²) in [6, 6.07) is 4.74. The first-order chi connectivity index (χ1) is 9.28. The van der Waals surface area contributed by atoms with Gasteiger partial charge in [0.05, 0.1) is 25.0 Å². The van der Waals surface area contributed by atoms with Crippen LogP contribution in [0, 0.1) is 5.82 Å². The molecule has 1 aliphatic rings. The highest BCUT2D eigenvalue weighted by molar-refractivity contribution is 5.66. The van der Waals surface area contributed by atoms with Crippen LogP contribution in [0.1, 0.15) is 24.7 Å². The number of aromatic amines is 1. The molecule has 0 aliphatic carbocycles. The summed E-state index contributed by atoms with van der Waals surface area (Å²) in [4.78, 5) is 7.64. The van der Waals surface area contributed by atoms with Crippen LogP contribution in [-0.2, 0) is 0 Å². The van der Waals surface area contributed by atoms with Crippen molar-refractivity contribution in [1.29, 1.82) is 0 Å². The quantitative estimate of drug-likeness (QED) is 0.893. The minimum absolute atomic E-state index is 0.272. The Labute approximate surface area is 111 Å². The summed E-state index contributed by atoms with van der Waals surface area (Å²) in [7, 11) is 1.58. The van der Waals surface area contributed by atoms with Gasteiger partial charge in [-0.25, -0.2) is 9.37 Å². The Hall–Kier alpha value is -1.88. The van der Waals surface area contributed by atoms with E-state index in [1.807, 2.05) is 0 Å². The number of hydrogen-bond acceptors (Lipinski definition) is 3. The van der Waals surface area contributed by atoms with Crippen molar-refractivity contribution >= 4 is 0 Å². The van der Waals surface area contributed by atoms with E-state index < -0.39 is 0 Å². The third kappa shape index (κ3) is 2.33. The molecule has 0 bridgehead atoms. The van der Waals surface area contributed by atoms with Crippen molar-refractivity contribution in [3.05, 3.63) is 36.0 Å². The summed E-state index contributed by atoms with van der Waals surface area (Å²) in [6.07, 6.45) is 3.96. The fourth-order valence-corrected chi connectivity index (χ4v) is 2.46. The molecule has 1 unspecified atom stereocenters. The molecule has 1 atom stereocenters. The monoisotopic (exact) mass is 261 g/mol. The van der Waals surface area contributed by atoms with Crippen LogP contribution in [0.3, 0.4) is 0 Å². The highest BCUT2D eigenvalue weighted by Gasteiger charge is 2.20. The maximum Gasteiger partial charge on any atom is 0.128 e. The van der Waals surface area contributed by atoms with Crippen LogP contribution >= 0.6 is 0 Å². The molecule has 1 aromatic heterocycles. The lowest BCUT2D eigenvalue weighted by Crippen LogP contribution is -2.14. The first-order valence-corrected chi connectivity index (χ1v) is 6.40. The third-order valence-corrected chi connectivity index (χ3v) is 3.44. The molecule has 1 aliphatic heterocycles. The van der Waals surface area contributed by atoms with E-state index in [1.54, 1.807) is 19.4 Å². The van der Waals surface area contributed by atoms with Crippen molar-refractivity contribution in [3.8, 4) is 17.0 Å². The Balaban J connectivity index is 1.95. The van der Waals surface area contributed by atoms with E-state index in [4.69, 9.17) is 4.74 Å². The van der Waals surface area contributed by atoms with Crippen LogP contribution in [-0.4, -0.2) is 23.6 Å². The summed E-state index contributed by atoms with van der Waals surface area (Å²) in [5.74, 6) is 1.25. The molecule has 5 heteroatoms. The number of aromatic nitrogens is 2. The van der Waals surface area contributed by atoms with E-state index in [2.05, 4.69) is 15.3 Å².